The van der Waals surface area contributed by atoms with E-state index in [1.165, 1.54) is 6.39 Å². The van der Waals surface area contributed by atoms with Crippen LogP contribution in [0.5, 0.6) is 0 Å². The van der Waals surface area contributed by atoms with Gasteiger partial charge in [-0.1, -0.05) is 29.4 Å². The summed E-state index contributed by atoms with van der Waals surface area (Å²) >= 11 is 0. The maximum atomic E-state index is 13.2. The highest BCUT2D eigenvalue weighted by Gasteiger charge is 2.25. The van der Waals surface area contributed by atoms with Gasteiger partial charge in [-0.3, -0.25) is 0 Å². The molecule has 130 valence electrons. The Kier molecular flexibility index (Phi) is 5.50. The van der Waals surface area contributed by atoms with E-state index >= 15 is 0 Å². The van der Waals surface area contributed by atoms with Crippen LogP contribution in [0.2, 0.25) is 0 Å². The molecule has 1 amide bonds. The Hall–Kier alpha value is -2.48. The van der Waals surface area contributed by atoms with Gasteiger partial charge in [-0.15, -0.1) is 0 Å². The molecule has 0 bridgehead atoms. The minimum absolute atomic E-state index is 0.407. The average molecular weight is 337 g/mol. The number of aliphatic hydroxyl groups is 1. The van der Waals surface area contributed by atoms with Crippen molar-refractivity contribution in [2.24, 2.45) is 0 Å². The van der Waals surface area contributed by atoms with E-state index in [0.717, 1.165) is 0 Å². The Balaban J connectivity index is 2.05. The second kappa shape index (κ2) is 7.39. The third-order valence-electron chi connectivity index (χ3n) is 3.12. The van der Waals surface area contributed by atoms with Crippen LogP contribution in [0.25, 0.3) is 11.4 Å². The summed E-state index contributed by atoms with van der Waals surface area (Å²) in [6.45, 7) is 4.16. The first kappa shape index (κ1) is 17.9. The zero-order valence-electron chi connectivity index (χ0n) is 13.7. The molecule has 0 saturated carbocycles. The Morgan fingerprint density at radius 3 is 2.54 bits per heavy atom. The predicted molar refractivity (Wildman–Crippen MR) is 83.8 cm³/mol. The summed E-state index contributed by atoms with van der Waals surface area (Å²) in [5.74, 6) is 0.407. The molecule has 8 heteroatoms. The number of nitrogens with zero attached hydrogens (tertiary/aromatic N) is 2. The number of aromatic nitrogens is 2. The summed E-state index contributed by atoms with van der Waals surface area (Å²) in [5, 5.41) is 16.3. The molecule has 0 saturated heterocycles. The van der Waals surface area contributed by atoms with Crippen LogP contribution >= 0.6 is 0 Å². The van der Waals surface area contributed by atoms with Gasteiger partial charge in [0, 0.05) is 5.56 Å². The molecule has 1 heterocycles. The lowest BCUT2D eigenvalue weighted by Crippen LogP contribution is -2.43. The fraction of sp³-hybridized carbons (Fsp3) is 0.438. The Morgan fingerprint density at radius 1 is 1.38 bits per heavy atom. The minimum Gasteiger partial charge on any atom is -0.444 e. The van der Waals surface area contributed by atoms with Gasteiger partial charge in [0.15, 0.2) is 0 Å². The minimum atomic E-state index is -1.22. The molecule has 0 unspecified atom stereocenters. The lowest BCUT2D eigenvalue weighted by molar-refractivity contribution is 0.0396. The number of amides is 1. The highest BCUT2D eigenvalue weighted by molar-refractivity contribution is 5.68. The summed E-state index contributed by atoms with van der Waals surface area (Å²) in [4.78, 5) is 15.6. The van der Waals surface area contributed by atoms with Gasteiger partial charge in [-0.05, 0) is 26.3 Å². The average Bonchev–Trinajstić information content (AvgIpc) is 3.05. The van der Waals surface area contributed by atoms with E-state index in [4.69, 9.17) is 4.74 Å². The third kappa shape index (κ3) is 4.76. The number of nitrogens with one attached hydrogen (secondary N) is 1. The maximum absolute atomic E-state index is 13.2. The first-order valence-electron chi connectivity index (χ1n) is 7.40. The first-order chi connectivity index (χ1) is 11.3. The Morgan fingerprint density at radius 2 is 2.04 bits per heavy atom. The quantitative estimate of drug-likeness (QED) is 0.870. The van der Waals surface area contributed by atoms with Crippen molar-refractivity contribution < 1.29 is 23.6 Å². The first-order valence-corrected chi connectivity index (χ1v) is 7.40. The maximum Gasteiger partial charge on any atom is 0.408 e. The van der Waals surface area contributed by atoms with Gasteiger partial charge >= 0.3 is 6.09 Å². The zero-order chi connectivity index (χ0) is 17.7. The molecule has 2 atom stereocenters. The molecule has 2 aromatic rings. The molecule has 24 heavy (non-hydrogen) atoms. The van der Waals surface area contributed by atoms with Crippen LogP contribution in [0.15, 0.2) is 35.2 Å². The van der Waals surface area contributed by atoms with E-state index in [2.05, 4.69) is 20.0 Å². The Labute approximate surface area is 138 Å². The van der Waals surface area contributed by atoms with Crippen LogP contribution in [0.3, 0.4) is 0 Å². The second-order valence-electron chi connectivity index (χ2n) is 6.23. The molecule has 0 aliphatic rings. The Bertz CT molecular complexity index is 653. The second-order valence-corrected chi connectivity index (χ2v) is 6.23. The van der Waals surface area contributed by atoms with Crippen molar-refractivity contribution >= 4 is 6.09 Å². The number of hydrogen-bond acceptors (Lipinski definition) is 6. The molecule has 0 fully saturated rings. The van der Waals surface area contributed by atoms with Crippen LogP contribution in [0, 0.1) is 0 Å². The summed E-state index contributed by atoms with van der Waals surface area (Å²) in [6, 6.07) is 5.44. The van der Waals surface area contributed by atoms with Gasteiger partial charge in [0.05, 0.1) is 6.04 Å². The molecule has 0 aliphatic heterocycles. The van der Waals surface area contributed by atoms with Gasteiger partial charge < -0.3 is 19.7 Å². The topological polar surface area (TPSA) is 97.5 Å². The van der Waals surface area contributed by atoms with Gasteiger partial charge in [-0.2, -0.15) is 4.98 Å². The van der Waals surface area contributed by atoms with Crippen molar-refractivity contribution in [2.45, 2.75) is 38.5 Å². The summed E-state index contributed by atoms with van der Waals surface area (Å²) in [5.41, 5.74) is 0.430. The number of alkyl carbamates (subject to hydrolysis) is 1. The molecule has 1 aromatic heterocycles. The molecule has 0 radical (unpaired) electrons. The number of benzene rings is 1. The van der Waals surface area contributed by atoms with Crippen molar-refractivity contribution in [1.29, 1.82) is 0 Å². The highest BCUT2D eigenvalue weighted by atomic mass is 19.1. The largest absolute Gasteiger partial charge is 0.444 e. The van der Waals surface area contributed by atoms with Crippen LogP contribution in [0.1, 0.15) is 32.4 Å². The SMILES string of the molecule is CC(C)(C)OC(=O)N[C@H](CF)[C@H](O)c1ccc(-c2ncon2)cc1. The molecule has 0 spiro atoms. The molecule has 0 aliphatic carbocycles. The van der Waals surface area contributed by atoms with Gasteiger partial charge in [0.1, 0.15) is 18.4 Å². The smallest absolute Gasteiger partial charge is 0.408 e. The number of hydrogen-bond donors (Lipinski definition) is 2. The lowest BCUT2D eigenvalue weighted by Gasteiger charge is -2.25. The number of halogens is 1. The number of carbonyl (C=O) groups excluding carboxylic acids is 1. The normalized spacial score (nSPS) is 14.0. The van der Waals surface area contributed by atoms with Crippen molar-refractivity contribution in [3.05, 3.63) is 36.2 Å². The van der Waals surface area contributed by atoms with Crippen molar-refractivity contribution in [2.75, 3.05) is 6.67 Å². The summed E-state index contributed by atoms with van der Waals surface area (Å²) in [7, 11) is 0. The monoisotopic (exact) mass is 337 g/mol. The standard InChI is InChI=1S/C16H20FN3O4/c1-16(2,3)24-15(22)19-12(8-17)13(21)10-4-6-11(7-5-10)14-18-9-23-20-14/h4-7,9,12-13,21H,8H2,1-3H3,(H,19,22)/t12-,13-/m1/s1. The molecule has 1 aromatic carbocycles. The number of rotatable bonds is 5. The van der Waals surface area contributed by atoms with Crippen LogP contribution in [-0.4, -0.2) is 39.7 Å². The van der Waals surface area contributed by atoms with Crippen molar-refractivity contribution in [3.8, 4) is 11.4 Å². The van der Waals surface area contributed by atoms with Gasteiger partial charge in [0.2, 0.25) is 12.2 Å². The van der Waals surface area contributed by atoms with Gasteiger partial charge in [-0.25, -0.2) is 9.18 Å². The van der Waals surface area contributed by atoms with Crippen LogP contribution < -0.4 is 5.32 Å². The lowest BCUT2D eigenvalue weighted by atomic mass is 10.0. The van der Waals surface area contributed by atoms with E-state index in [1.54, 1.807) is 45.0 Å². The van der Waals surface area contributed by atoms with Gasteiger partial charge in [0.25, 0.3) is 0 Å². The third-order valence-corrected chi connectivity index (χ3v) is 3.12. The van der Waals surface area contributed by atoms with E-state index in [0.29, 0.717) is 17.0 Å². The molecular formula is C16H20FN3O4. The van der Waals surface area contributed by atoms with Crippen molar-refractivity contribution in [1.82, 2.24) is 15.5 Å². The number of aliphatic hydroxyl groups excluding tert-OH is 1. The number of carbonyl (C=O) groups is 1. The molecule has 2 rings (SSSR count). The van der Waals surface area contributed by atoms with E-state index in [1.807, 2.05) is 0 Å². The van der Waals surface area contributed by atoms with Crippen LogP contribution in [0.4, 0.5) is 9.18 Å². The number of alkyl halides is 1. The predicted octanol–water partition coefficient (Wildman–Crippen LogP) is 2.63. The van der Waals surface area contributed by atoms with Crippen LogP contribution in [-0.2, 0) is 4.74 Å². The highest BCUT2D eigenvalue weighted by Crippen LogP contribution is 2.22. The number of ether oxygens (including phenoxy) is 1. The molecular weight excluding hydrogens is 317 g/mol. The summed E-state index contributed by atoms with van der Waals surface area (Å²) < 4.78 is 23.0. The zero-order valence-corrected chi connectivity index (χ0v) is 13.7. The van der Waals surface area contributed by atoms with Crippen molar-refractivity contribution in [3.63, 3.8) is 0 Å². The summed E-state index contributed by atoms with van der Waals surface area (Å²) in [6.07, 6.45) is -0.795. The fourth-order valence-electron chi connectivity index (χ4n) is 2.02. The van der Waals surface area contributed by atoms with E-state index < -0.39 is 30.5 Å². The fourth-order valence-corrected chi connectivity index (χ4v) is 2.02. The van der Waals surface area contributed by atoms with E-state index in [9.17, 15) is 14.3 Å². The van der Waals surface area contributed by atoms with E-state index in [-0.39, 0.29) is 0 Å². The molecule has 7 nitrogen and oxygen atoms in total. The molecule has 2 N–H and O–H groups in total.